The molecule has 0 unspecified atom stereocenters. The van der Waals surface area contributed by atoms with Gasteiger partial charge in [0.15, 0.2) is 17.6 Å². The zero-order chi connectivity index (χ0) is 20.1. The first-order valence-electron chi connectivity index (χ1n) is 9.58. The summed E-state index contributed by atoms with van der Waals surface area (Å²) in [4.78, 5) is 24.8. The lowest BCUT2D eigenvalue weighted by molar-refractivity contribution is -0.146. The average molecular weight is 382 g/mol. The molecule has 0 aromatic heterocycles. The second kappa shape index (κ2) is 8.91. The molecule has 1 atom stereocenters. The van der Waals surface area contributed by atoms with E-state index in [1.807, 2.05) is 30.3 Å². The van der Waals surface area contributed by atoms with Gasteiger partial charge in [0.25, 0.3) is 0 Å². The largest absolute Gasteiger partial charge is 0.493 e. The fourth-order valence-corrected chi connectivity index (χ4v) is 3.55. The highest BCUT2D eigenvalue weighted by atomic mass is 16.5. The third-order valence-electron chi connectivity index (χ3n) is 5.13. The summed E-state index contributed by atoms with van der Waals surface area (Å²) in [5.41, 5.74) is 4.10. The van der Waals surface area contributed by atoms with Crippen molar-refractivity contribution in [2.24, 2.45) is 0 Å². The summed E-state index contributed by atoms with van der Waals surface area (Å²) in [6, 6.07) is 11.3. The molecule has 0 bridgehead atoms. The van der Waals surface area contributed by atoms with Gasteiger partial charge in [0.1, 0.15) is 0 Å². The molecule has 0 heterocycles. The standard InChI is InChI=1S/C23H26O5/c1-15(23(25)19-10-9-17-5-4-6-18(17)14-19)28-22(24)12-8-16-7-11-20(26-2)21(13-16)27-3/h7,9-11,13-15H,4-6,8,12H2,1-3H3/t15-/m1/s1. The van der Waals surface area contributed by atoms with Gasteiger partial charge in [0.05, 0.1) is 14.2 Å². The smallest absolute Gasteiger partial charge is 0.306 e. The number of benzene rings is 2. The Bertz CT molecular complexity index is 871. The molecule has 0 saturated carbocycles. The average Bonchev–Trinajstić information content (AvgIpc) is 3.19. The number of methoxy groups -OCH3 is 2. The predicted octanol–water partition coefficient (Wildman–Crippen LogP) is 3.94. The molecule has 28 heavy (non-hydrogen) atoms. The highest BCUT2D eigenvalue weighted by molar-refractivity contribution is 6.00. The summed E-state index contributed by atoms with van der Waals surface area (Å²) in [7, 11) is 3.15. The van der Waals surface area contributed by atoms with E-state index in [-0.39, 0.29) is 12.2 Å². The highest BCUT2D eigenvalue weighted by Crippen LogP contribution is 2.28. The zero-order valence-corrected chi connectivity index (χ0v) is 16.6. The fourth-order valence-electron chi connectivity index (χ4n) is 3.55. The van der Waals surface area contributed by atoms with Crippen LogP contribution in [0, 0.1) is 0 Å². The first kappa shape index (κ1) is 19.9. The number of rotatable bonds is 8. The SMILES string of the molecule is COc1ccc(CCC(=O)O[C@H](C)C(=O)c2ccc3c(c2)CCC3)cc1OC. The summed E-state index contributed by atoms with van der Waals surface area (Å²) in [5.74, 6) is 0.710. The zero-order valence-electron chi connectivity index (χ0n) is 16.6. The third kappa shape index (κ3) is 4.53. The van der Waals surface area contributed by atoms with Crippen LogP contribution in [0.5, 0.6) is 11.5 Å². The Balaban J connectivity index is 1.55. The van der Waals surface area contributed by atoms with Gasteiger partial charge in [-0.25, -0.2) is 0 Å². The molecule has 148 valence electrons. The number of Topliss-reactive ketones (excluding diaryl/α,β-unsaturated/α-hetero) is 1. The molecule has 0 radical (unpaired) electrons. The maximum Gasteiger partial charge on any atom is 0.306 e. The molecule has 0 saturated heterocycles. The molecule has 2 aromatic rings. The minimum Gasteiger partial charge on any atom is -0.493 e. The second-order valence-corrected chi connectivity index (χ2v) is 7.02. The lowest BCUT2D eigenvalue weighted by atomic mass is 10.0. The topological polar surface area (TPSA) is 61.8 Å². The fraction of sp³-hybridized carbons (Fsp3) is 0.391. The molecule has 0 amide bonds. The van der Waals surface area contributed by atoms with E-state index in [0.29, 0.717) is 23.5 Å². The summed E-state index contributed by atoms with van der Waals surface area (Å²) in [6.45, 7) is 1.63. The lowest BCUT2D eigenvalue weighted by Crippen LogP contribution is -2.24. The van der Waals surface area contributed by atoms with E-state index >= 15 is 0 Å². The normalized spacial score (nSPS) is 13.5. The van der Waals surface area contributed by atoms with Crippen molar-refractivity contribution < 1.29 is 23.8 Å². The molecule has 1 aliphatic carbocycles. The Hall–Kier alpha value is -2.82. The van der Waals surface area contributed by atoms with Gasteiger partial charge < -0.3 is 14.2 Å². The van der Waals surface area contributed by atoms with Gasteiger partial charge in [-0.1, -0.05) is 18.2 Å². The molecule has 0 aliphatic heterocycles. The molecule has 0 spiro atoms. The van der Waals surface area contributed by atoms with Crippen LogP contribution >= 0.6 is 0 Å². The number of carbonyl (C=O) groups is 2. The first-order valence-corrected chi connectivity index (χ1v) is 9.58. The Morgan fingerprint density at radius 2 is 1.71 bits per heavy atom. The molecular formula is C23H26O5. The van der Waals surface area contributed by atoms with Crippen LogP contribution in [0.25, 0.3) is 0 Å². The maximum absolute atomic E-state index is 12.6. The Labute approximate surface area is 165 Å². The Morgan fingerprint density at radius 3 is 2.46 bits per heavy atom. The van der Waals surface area contributed by atoms with Gasteiger partial charge in [0, 0.05) is 12.0 Å². The number of carbonyl (C=O) groups excluding carboxylic acids is 2. The highest BCUT2D eigenvalue weighted by Gasteiger charge is 2.21. The lowest BCUT2D eigenvalue weighted by Gasteiger charge is -2.13. The van der Waals surface area contributed by atoms with Crippen LogP contribution in [0.15, 0.2) is 36.4 Å². The van der Waals surface area contributed by atoms with Crippen LogP contribution in [-0.4, -0.2) is 32.1 Å². The second-order valence-electron chi connectivity index (χ2n) is 7.02. The molecule has 5 nitrogen and oxygen atoms in total. The third-order valence-corrected chi connectivity index (χ3v) is 5.13. The molecule has 3 rings (SSSR count). The number of hydrogen-bond acceptors (Lipinski definition) is 5. The van der Waals surface area contributed by atoms with Crippen molar-refractivity contribution in [1.82, 2.24) is 0 Å². The maximum atomic E-state index is 12.6. The van der Waals surface area contributed by atoms with Crippen LogP contribution in [0.2, 0.25) is 0 Å². The van der Waals surface area contributed by atoms with E-state index in [9.17, 15) is 9.59 Å². The van der Waals surface area contributed by atoms with E-state index in [1.165, 1.54) is 11.1 Å². The van der Waals surface area contributed by atoms with Gasteiger partial charge in [-0.05, 0) is 67.5 Å². The molecule has 0 N–H and O–H groups in total. The molecule has 5 heteroatoms. The van der Waals surface area contributed by atoms with Gasteiger partial charge in [-0.15, -0.1) is 0 Å². The number of esters is 1. The van der Waals surface area contributed by atoms with Crippen molar-refractivity contribution in [3.63, 3.8) is 0 Å². The monoisotopic (exact) mass is 382 g/mol. The van der Waals surface area contributed by atoms with Gasteiger partial charge in [-0.2, -0.15) is 0 Å². The molecule has 0 fully saturated rings. The van der Waals surface area contributed by atoms with Crippen molar-refractivity contribution >= 4 is 11.8 Å². The summed E-state index contributed by atoms with van der Waals surface area (Å²) >= 11 is 0. The number of aryl methyl sites for hydroxylation is 3. The van der Waals surface area contributed by atoms with Crippen LogP contribution in [0.4, 0.5) is 0 Å². The minimum absolute atomic E-state index is 0.158. The predicted molar refractivity (Wildman–Crippen MR) is 106 cm³/mol. The Morgan fingerprint density at radius 1 is 0.964 bits per heavy atom. The van der Waals surface area contributed by atoms with Crippen molar-refractivity contribution in [2.45, 2.75) is 45.1 Å². The van der Waals surface area contributed by atoms with Gasteiger partial charge in [-0.3, -0.25) is 9.59 Å². The van der Waals surface area contributed by atoms with E-state index in [4.69, 9.17) is 14.2 Å². The van der Waals surface area contributed by atoms with Crippen molar-refractivity contribution in [3.05, 3.63) is 58.7 Å². The molecule has 2 aromatic carbocycles. The summed E-state index contributed by atoms with van der Waals surface area (Å²) in [5, 5.41) is 0. The van der Waals surface area contributed by atoms with Crippen molar-refractivity contribution in [3.8, 4) is 11.5 Å². The quantitative estimate of drug-likeness (QED) is 0.511. The number of ether oxygens (including phenoxy) is 3. The van der Waals surface area contributed by atoms with E-state index in [0.717, 1.165) is 24.8 Å². The van der Waals surface area contributed by atoms with Gasteiger partial charge in [0.2, 0.25) is 5.78 Å². The number of fused-ring (bicyclic) bond motifs is 1. The van der Waals surface area contributed by atoms with Gasteiger partial charge >= 0.3 is 5.97 Å². The van der Waals surface area contributed by atoms with E-state index in [2.05, 4.69) is 0 Å². The summed E-state index contributed by atoms with van der Waals surface area (Å²) < 4.78 is 15.9. The van der Waals surface area contributed by atoms with Crippen LogP contribution in [0.1, 0.15) is 46.8 Å². The number of hydrogen-bond donors (Lipinski definition) is 0. The Kier molecular flexibility index (Phi) is 6.34. The molecular weight excluding hydrogens is 356 g/mol. The van der Waals surface area contributed by atoms with Crippen LogP contribution < -0.4 is 9.47 Å². The first-order chi connectivity index (χ1) is 13.5. The van der Waals surface area contributed by atoms with E-state index < -0.39 is 12.1 Å². The van der Waals surface area contributed by atoms with E-state index in [1.54, 1.807) is 27.2 Å². The number of ketones is 1. The van der Waals surface area contributed by atoms with Crippen LogP contribution in [-0.2, 0) is 28.8 Å². The summed E-state index contributed by atoms with van der Waals surface area (Å²) in [6.07, 6.45) is 3.11. The molecule has 1 aliphatic rings. The van der Waals surface area contributed by atoms with Crippen molar-refractivity contribution in [1.29, 1.82) is 0 Å². The minimum atomic E-state index is -0.794. The van der Waals surface area contributed by atoms with Crippen molar-refractivity contribution in [2.75, 3.05) is 14.2 Å². The van der Waals surface area contributed by atoms with Crippen LogP contribution in [0.3, 0.4) is 0 Å².